The summed E-state index contributed by atoms with van der Waals surface area (Å²) in [5, 5.41) is 11.2. The van der Waals surface area contributed by atoms with Crippen LogP contribution >= 0.6 is 0 Å². The molecule has 1 amide bonds. The van der Waals surface area contributed by atoms with Crippen LogP contribution in [0.1, 0.15) is 12.8 Å². The van der Waals surface area contributed by atoms with E-state index in [2.05, 4.69) is 5.32 Å². The van der Waals surface area contributed by atoms with E-state index in [0.717, 1.165) is 0 Å². The number of benzene rings is 1. The van der Waals surface area contributed by atoms with Crippen LogP contribution in [-0.2, 0) is 9.59 Å². The summed E-state index contributed by atoms with van der Waals surface area (Å²) in [7, 11) is 0. The quantitative estimate of drug-likeness (QED) is 0.687. The summed E-state index contributed by atoms with van der Waals surface area (Å²) in [4.78, 5) is 21.8. The van der Waals surface area contributed by atoms with Crippen molar-refractivity contribution in [1.82, 2.24) is 0 Å². The van der Waals surface area contributed by atoms with Gasteiger partial charge in [-0.1, -0.05) is 18.2 Å². The third-order valence-electron chi connectivity index (χ3n) is 2.06. The summed E-state index contributed by atoms with van der Waals surface area (Å²) in [6.45, 7) is 0. The highest BCUT2D eigenvalue weighted by Gasteiger charge is 2.13. The smallest absolute Gasteiger partial charge is 0.320 e. The summed E-state index contributed by atoms with van der Waals surface area (Å²) in [6.07, 6.45) is 0.233. The van der Waals surface area contributed by atoms with Crippen molar-refractivity contribution in [2.24, 2.45) is 5.73 Å². The lowest BCUT2D eigenvalue weighted by Crippen LogP contribution is -2.31. The monoisotopic (exact) mass is 222 g/mol. The van der Waals surface area contributed by atoms with E-state index < -0.39 is 12.0 Å². The largest absolute Gasteiger partial charge is 0.480 e. The number of carboxylic acids is 1. The zero-order valence-corrected chi connectivity index (χ0v) is 8.72. The third-order valence-corrected chi connectivity index (χ3v) is 2.06. The average molecular weight is 222 g/mol. The van der Waals surface area contributed by atoms with Gasteiger partial charge in [0, 0.05) is 12.1 Å². The number of para-hydroxylation sites is 1. The SMILES string of the molecule is NC(CCC(=O)Nc1ccccc1)C(=O)O. The minimum absolute atomic E-state index is 0.0996. The zero-order valence-electron chi connectivity index (χ0n) is 8.72. The van der Waals surface area contributed by atoms with Crippen LogP contribution < -0.4 is 11.1 Å². The second-order valence-corrected chi connectivity index (χ2v) is 3.40. The zero-order chi connectivity index (χ0) is 12.0. The van der Waals surface area contributed by atoms with Crippen LogP contribution in [0.5, 0.6) is 0 Å². The number of nitrogens with one attached hydrogen (secondary N) is 1. The number of nitrogens with two attached hydrogens (primary N) is 1. The maximum absolute atomic E-state index is 11.4. The Bertz CT molecular complexity index is 365. The number of carbonyl (C=O) groups excluding carboxylic acids is 1. The van der Waals surface area contributed by atoms with E-state index in [-0.39, 0.29) is 18.7 Å². The van der Waals surface area contributed by atoms with Crippen molar-refractivity contribution in [3.05, 3.63) is 30.3 Å². The summed E-state index contributed by atoms with van der Waals surface area (Å²) < 4.78 is 0. The Morgan fingerprint density at radius 3 is 2.50 bits per heavy atom. The topological polar surface area (TPSA) is 92.4 Å². The Balaban J connectivity index is 2.35. The fourth-order valence-corrected chi connectivity index (χ4v) is 1.16. The van der Waals surface area contributed by atoms with E-state index >= 15 is 0 Å². The lowest BCUT2D eigenvalue weighted by atomic mass is 10.1. The van der Waals surface area contributed by atoms with Gasteiger partial charge in [0.25, 0.3) is 0 Å². The Hall–Kier alpha value is -1.88. The van der Waals surface area contributed by atoms with Gasteiger partial charge in [-0.3, -0.25) is 9.59 Å². The average Bonchev–Trinajstić information content (AvgIpc) is 2.27. The summed E-state index contributed by atoms with van der Waals surface area (Å²) in [5.74, 6) is -1.32. The molecule has 0 saturated carbocycles. The molecule has 0 saturated heterocycles. The van der Waals surface area contributed by atoms with Gasteiger partial charge in [-0.15, -0.1) is 0 Å². The maximum atomic E-state index is 11.4. The molecular formula is C11H14N2O3. The van der Waals surface area contributed by atoms with E-state index in [1.165, 1.54) is 0 Å². The van der Waals surface area contributed by atoms with Crippen LogP contribution in [0.3, 0.4) is 0 Å². The van der Waals surface area contributed by atoms with Crippen molar-refractivity contribution in [1.29, 1.82) is 0 Å². The molecule has 1 rings (SSSR count). The fourth-order valence-electron chi connectivity index (χ4n) is 1.16. The predicted molar refractivity (Wildman–Crippen MR) is 59.9 cm³/mol. The summed E-state index contributed by atoms with van der Waals surface area (Å²) >= 11 is 0. The first kappa shape index (κ1) is 12.2. The van der Waals surface area contributed by atoms with Gasteiger partial charge in [0.05, 0.1) is 0 Å². The van der Waals surface area contributed by atoms with Crippen molar-refractivity contribution >= 4 is 17.6 Å². The maximum Gasteiger partial charge on any atom is 0.320 e. The Kier molecular flexibility index (Phi) is 4.47. The third kappa shape index (κ3) is 4.10. The first-order valence-corrected chi connectivity index (χ1v) is 4.93. The second-order valence-electron chi connectivity index (χ2n) is 3.40. The highest BCUT2D eigenvalue weighted by molar-refractivity contribution is 5.91. The molecule has 0 aliphatic rings. The van der Waals surface area contributed by atoms with Crippen molar-refractivity contribution < 1.29 is 14.7 Å². The first-order chi connectivity index (χ1) is 7.59. The minimum atomic E-state index is -1.09. The Morgan fingerprint density at radius 1 is 1.31 bits per heavy atom. The number of carbonyl (C=O) groups is 2. The first-order valence-electron chi connectivity index (χ1n) is 4.93. The number of rotatable bonds is 5. The molecule has 1 aromatic carbocycles. The summed E-state index contributed by atoms with van der Waals surface area (Å²) in [6, 6.07) is 7.98. The number of anilines is 1. The second kappa shape index (κ2) is 5.87. The lowest BCUT2D eigenvalue weighted by molar-refractivity contribution is -0.138. The molecule has 0 radical (unpaired) electrons. The molecule has 0 fully saturated rings. The molecule has 4 N–H and O–H groups in total. The number of hydrogen-bond donors (Lipinski definition) is 3. The van der Waals surface area contributed by atoms with E-state index in [0.29, 0.717) is 5.69 Å². The van der Waals surface area contributed by atoms with Gasteiger partial charge in [-0.2, -0.15) is 0 Å². The summed E-state index contributed by atoms with van der Waals surface area (Å²) in [5.41, 5.74) is 5.97. The van der Waals surface area contributed by atoms with Gasteiger partial charge in [-0.25, -0.2) is 0 Å². The van der Waals surface area contributed by atoms with Gasteiger partial charge in [0.1, 0.15) is 6.04 Å². The van der Waals surface area contributed by atoms with Crippen LogP contribution in [0.2, 0.25) is 0 Å². The lowest BCUT2D eigenvalue weighted by Gasteiger charge is -2.07. The van der Waals surface area contributed by atoms with E-state index in [1.807, 2.05) is 6.07 Å². The van der Waals surface area contributed by atoms with Gasteiger partial charge < -0.3 is 16.2 Å². The van der Waals surface area contributed by atoms with Gasteiger partial charge in [0.15, 0.2) is 0 Å². The highest BCUT2D eigenvalue weighted by Crippen LogP contribution is 2.06. The molecule has 0 bridgehead atoms. The van der Waals surface area contributed by atoms with Crippen LogP contribution in [0, 0.1) is 0 Å². The van der Waals surface area contributed by atoms with E-state index in [1.54, 1.807) is 24.3 Å². The van der Waals surface area contributed by atoms with Crippen molar-refractivity contribution in [3.63, 3.8) is 0 Å². The van der Waals surface area contributed by atoms with Gasteiger partial charge >= 0.3 is 5.97 Å². The molecule has 1 unspecified atom stereocenters. The molecule has 0 aliphatic heterocycles. The minimum Gasteiger partial charge on any atom is -0.480 e. The predicted octanol–water partition coefficient (Wildman–Crippen LogP) is 0.817. The number of aliphatic carboxylic acids is 1. The molecule has 1 atom stereocenters. The van der Waals surface area contributed by atoms with Crippen LogP contribution in [0.15, 0.2) is 30.3 Å². The molecule has 0 heterocycles. The van der Waals surface area contributed by atoms with Crippen molar-refractivity contribution in [2.45, 2.75) is 18.9 Å². The number of carboxylic acid groups (broad SMARTS) is 1. The van der Waals surface area contributed by atoms with Crippen LogP contribution in [0.4, 0.5) is 5.69 Å². The van der Waals surface area contributed by atoms with Gasteiger partial charge in [0.2, 0.25) is 5.91 Å². The molecular weight excluding hydrogens is 208 g/mol. The molecule has 16 heavy (non-hydrogen) atoms. The van der Waals surface area contributed by atoms with Crippen LogP contribution in [-0.4, -0.2) is 23.0 Å². The molecule has 0 aliphatic carbocycles. The van der Waals surface area contributed by atoms with E-state index in [9.17, 15) is 9.59 Å². The fraction of sp³-hybridized carbons (Fsp3) is 0.273. The number of hydrogen-bond acceptors (Lipinski definition) is 3. The molecule has 1 aromatic rings. The molecule has 0 aromatic heterocycles. The molecule has 5 nitrogen and oxygen atoms in total. The Morgan fingerprint density at radius 2 is 1.94 bits per heavy atom. The van der Waals surface area contributed by atoms with Crippen molar-refractivity contribution in [2.75, 3.05) is 5.32 Å². The van der Waals surface area contributed by atoms with Crippen molar-refractivity contribution in [3.8, 4) is 0 Å². The molecule has 86 valence electrons. The normalized spacial score (nSPS) is 11.8. The Labute approximate surface area is 93.3 Å². The van der Waals surface area contributed by atoms with E-state index in [4.69, 9.17) is 10.8 Å². The highest BCUT2D eigenvalue weighted by atomic mass is 16.4. The van der Waals surface area contributed by atoms with Crippen LogP contribution in [0.25, 0.3) is 0 Å². The number of amides is 1. The molecule has 0 spiro atoms. The molecule has 5 heteroatoms. The standard InChI is InChI=1S/C11H14N2O3/c12-9(11(15)16)6-7-10(14)13-8-4-2-1-3-5-8/h1-5,9H,6-7,12H2,(H,13,14)(H,15,16). The van der Waals surface area contributed by atoms with Gasteiger partial charge in [-0.05, 0) is 18.6 Å².